The van der Waals surface area contributed by atoms with Gasteiger partial charge in [-0.05, 0) is 31.5 Å². The number of rotatable bonds is 5. The molecule has 8 nitrogen and oxygen atoms in total. The zero-order valence-electron chi connectivity index (χ0n) is 19.2. The minimum atomic E-state index is -4.67. The molecule has 0 atom stereocenters. The molecule has 0 saturated carbocycles. The van der Waals surface area contributed by atoms with Crippen molar-refractivity contribution in [3.05, 3.63) is 86.7 Å². The smallest absolute Gasteiger partial charge is 0.362 e. The summed E-state index contributed by atoms with van der Waals surface area (Å²) < 4.78 is 40.8. The van der Waals surface area contributed by atoms with Gasteiger partial charge in [0.15, 0.2) is 0 Å². The zero-order valence-corrected chi connectivity index (χ0v) is 19.2. The Balaban J connectivity index is 1.49. The van der Waals surface area contributed by atoms with E-state index in [9.17, 15) is 28.1 Å². The number of alkyl halides is 3. The lowest BCUT2D eigenvalue weighted by Gasteiger charge is -2.36. The maximum Gasteiger partial charge on any atom is 0.416 e. The maximum atomic E-state index is 13.3. The molecule has 1 aromatic heterocycles. The van der Waals surface area contributed by atoms with Crippen molar-refractivity contribution in [2.45, 2.75) is 26.6 Å². The van der Waals surface area contributed by atoms with Gasteiger partial charge in [-0.1, -0.05) is 30.3 Å². The Bertz CT molecular complexity index is 1250. The third-order valence-electron chi connectivity index (χ3n) is 6.18. The van der Waals surface area contributed by atoms with Crippen molar-refractivity contribution in [2.24, 2.45) is 0 Å². The molecule has 3 aromatic rings. The summed E-state index contributed by atoms with van der Waals surface area (Å²) in [5, 5.41) is 16.0. The van der Waals surface area contributed by atoms with Gasteiger partial charge in [0.1, 0.15) is 5.69 Å². The number of aromatic nitrogens is 2. The molecule has 0 aliphatic carbocycles. The van der Waals surface area contributed by atoms with Gasteiger partial charge in [0.25, 0.3) is 11.6 Å². The molecule has 1 aliphatic rings. The Morgan fingerprint density at radius 1 is 1.06 bits per heavy atom. The third-order valence-corrected chi connectivity index (χ3v) is 6.18. The summed E-state index contributed by atoms with van der Waals surface area (Å²) >= 11 is 0. The number of carbonyl (C=O) groups is 1. The van der Waals surface area contributed by atoms with Crippen LogP contribution >= 0.6 is 0 Å². The first kappa shape index (κ1) is 24.2. The number of hydrogen-bond acceptors (Lipinski definition) is 5. The Morgan fingerprint density at radius 3 is 2.31 bits per heavy atom. The molecule has 0 N–H and O–H groups in total. The molecule has 35 heavy (non-hydrogen) atoms. The minimum absolute atomic E-state index is 0.109. The van der Waals surface area contributed by atoms with Crippen molar-refractivity contribution in [2.75, 3.05) is 31.1 Å². The fourth-order valence-electron chi connectivity index (χ4n) is 4.34. The number of anilines is 1. The summed E-state index contributed by atoms with van der Waals surface area (Å²) in [6.07, 6.45) is -4.67. The summed E-state index contributed by atoms with van der Waals surface area (Å²) in [7, 11) is 0. The van der Waals surface area contributed by atoms with E-state index in [1.54, 1.807) is 21.4 Å². The summed E-state index contributed by atoms with van der Waals surface area (Å²) in [4.78, 5) is 27.2. The fourth-order valence-corrected chi connectivity index (χ4v) is 4.34. The normalized spacial score (nSPS) is 14.3. The monoisotopic (exact) mass is 487 g/mol. The van der Waals surface area contributed by atoms with Crippen molar-refractivity contribution in [3.63, 3.8) is 0 Å². The van der Waals surface area contributed by atoms with Crippen LogP contribution in [0.5, 0.6) is 0 Å². The molecule has 11 heteroatoms. The van der Waals surface area contributed by atoms with Gasteiger partial charge < -0.3 is 9.80 Å². The highest BCUT2D eigenvalue weighted by molar-refractivity contribution is 5.96. The fraction of sp³-hybridized carbons (Fsp3) is 0.333. The van der Waals surface area contributed by atoms with Gasteiger partial charge >= 0.3 is 6.18 Å². The van der Waals surface area contributed by atoms with E-state index in [1.165, 1.54) is 0 Å². The highest BCUT2D eigenvalue weighted by Gasteiger charge is 2.35. The summed E-state index contributed by atoms with van der Waals surface area (Å²) in [5.74, 6) is -0.180. The number of amides is 1. The SMILES string of the molecule is Cc1nn(Cc2ccccc2)c(C)c1C(=O)N1CCN(c2ccc(C(F)(F)F)cc2[N+](=O)[O-])CC1. The van der Waals surface area contributed by atoms with Gasteiger partial charge in [0.05, 0.1) is 28.3 Å². The lowest BCUT2D eigenvalue weighted by Crippen LogP contribution is -2.49. The standard InChI is InChI=1S/C24H24F3N5O3/c1-16-22(17(2)31(28-16)15-18-6-4-3-5-7-18)23(33)30-12-10-29(11-13-30)20-9-8-19(24(25,26)27)14-21(20)32(34)35/h3-9,14H,10-13,15H2,1-2H3. The van der Waals surface area contributed by atoms with Crippen LogP contribution in [-0.2, 0) is 12.7 Å². The van der Waals surface area contributed by atoms with E-state index >= 15 is 0 Å². The largest absolute Gasteiger partial charge is 0.416 e. The molecule has 1 amide bonds. The van der Waals surface area contributed by atoms with E-state index in [0.717, 1.165) is 23.4 Å². The van der Waals surface area contributed by atoms with Crippen molar-refractivity contribution in [3.8, 4) is 0 Å². The van der Waals surface area contributed by atoms with E-state index in [2.05, 4.69) is 5.10 Å². The van der Waals surface area contributed by atoms with Crippen molar-refractivity contribution < 1.29 is 22.9 Å². The number of benzene rings is 2. The van der Waals surface area contributed by atoms with Gasteiger partial charge in [-0.25, -0.2) is 0 Å². The van der Waals surface area contributed by atoms with Gasteiger partial charge in [-0.3, -0.25) is 19.6 Å². The van der Waals surface area contributed by atoms with E-state index in [-0.39, 0.29) is 37.8 Å². The van der Waals surface area contributed by atoms with Crippen LogP contribution in [0.15, 0.2) is 48.5 Å². The average Bonchev–Trinajstić information content (AvgIpc) is 3.10. The van der Waals surface area contributed by atoms with Crippen LogP contribution in [0.4, 0.5) is 24.5 Å². The van der Waals surface area contributed by atoms with Crippen molar-refractivity contribution in [1.29, 1.82) is 0 Å². The number of nitro groups is 1. The predicted octanol–water partition coefficient (Wildman–Crippen LogP) is 4.44. The highest BCUT2D eigenvalue weighted by atomic mass is 19.4. The van der Waals surface area contributed by atoms with E-state index in [0.29, 0.717) is 23.9 Å². The van der Waals surface area contributed by atoms with Crippen LogP contribution in [0.2, 0.25) is 0 Å². The number of carbonyl (C=O) groups excluding carboxylic acids is 1. The first-order valence-electron chi connectivity index (χ1n) is 11.0. The number of hydrogen-bond donors (Lipinski definition) is 0. The number of nitro benzene ring substituents is 1. The summed E-state index contributed by atoms with van der Waals surface area (Å²) in [6, 6.07) is 12.3. The van der Waals surface area contributed by atoms with Gasteiger partial charge in [-0.15, -0.1) is 0 Å². The second kappa shape index (κ2) is 9.40. The third kappa shape index (κ3) is 4.98. The summed E-state index contributed by atoms with van der Waals surface area (Å²) in [5.41, 5.74) is 1.38. The Morgan fingerprint density at radius 2 is 1.71 bits per heavy atom. The molecule has 1 fully saturated rings. The first-order chi connectivity index (χ1) is 16.6. The van der Waals surface area contributed by atoms with Crippen LogP contribution < -0.4 is 4.90 Å². The Labute approximate surface area is 199 Å². The van der Waals surface area contributed by atoms with E-state index in [4.69, 9.17) is 0 Å². The molecule has 1 aliphatic heterocycles. The van der Waals surface area contributed by atoms with Gasteiger partial charge in [0, 0.05) is 37.9 Å². The molecule has 2 aromatic carbocycles. The molecule has 4 rings (SSSR count). The average molecular weight is 487 g/mol. The molecular formula is C24H24F3N5O3. The Hall–Kier alpha value is -3.89. The van der Waals surface area contributed by atoms with Crippen LogP contribution in [0, 0.1) is 24.0 Å². The van der Waals surface area contributed by atoms with Crippen LogP contribution in [0.3, 0.4) is 0 Å². The van der Waals surface area contributed by atoms with E-state index in [1.807, 2.05) is 37.3 Å². The van der Waals surface area contributed by atoms with E-state index < -0.39 is 22.4 Å². The number of halogens is 3. The summed E-state index contributed by atoms with van der Waals surface area (Å²) in [6.45, 7) is 5.23. The molecule has 0 spiro atoms. The quantitative estimate of drug-likeness (QED) is 0.393. The van der Waals surface area contributed by atoms with Crippen LogP contribution in [0.1, 0.15) is 32.9 Å². The Kier molecular flexibility index (Phi) is 6.51. The van der Waals surface area contributed by atoms with Crippen LogP contribution in [0.25, 0.3) is 0 Å². The van der Waals surface area contributed by atoms with Gasteiger partial charge in [-0.2, -0.15) is 18.3 Å². The maximum absolute atomic E-state index is 13.3. The topological polar surface area (TPSA) is 84.5 Å². The second-order valence-electron chi connectivity index (χ2n) is 8.43. The second-order valence-corrected chi connectivity index (χ2v) is 8.43. The molecule has 0 bridgehead atoms. The number of nitrogens with zero attached hydrogens (tertiary/aromatic N) is 5. The lowest BCUT2D eigenvalue weighted by molar-refractivity contribution is -0.384. The lowest BCUT2D eigenvalue weighted by atomic mass is 10.1. The molecule has 1 saturated heterocycles. The van der Waals surface area contributed by atoms with Gasteiger partial charge in [0.2, 0.25) is 0 Å². The molecule has 0 unspecified atom stereocenters. The van der Waals surface area contributed by atoms with Crippen molar-refractivity contribution in [1.82, 2.24) is 14.7 Å². The highest BCUT2D eigenvalue weighted by Crippen LogP contribution is 2.37. The number of aryl methyl sites for hydroxylation is 1. The molecule has 0 radical (unpaired) electrons. The molecular weight excluding hydrogens is 463 g/mol. The molecule has 184 valence electrons. The first-order valence-corrected chi connectivity index (χ1v) is 11.0. The zero-order chi connectivity index (χ0) is 25.3. The van der Waals surface area contributed by atoms with Crippen molar-refractivity contribution >= 4 is 17.3 Å². The number of piperazine rings is 1. The predicted molar refractivity (Wildman–Crippen MR) is 123 cm³/mol. The van der Waals surface area contributed by atoms with Crippen LogP contribution in [-0.4, -0.2) is 51.7 Å². The minimum Gasteiger partial charge on any atom is -0.362 e. The molecule has 2 heterocycles.